The molecule has 1 saturated carbocycles. The van der Waals surface area contributed by atoms with Crippen LogP contribution in [0.1, 0.15) is 39.0 Å². The number of aliphatic hydroxyl groups excluding tert-OH is 2. The minimum Gasteiger partial charge on any atom is -0.391 e. The van der Waals surface area contributed by atoms with E-state index in [1.54, 1.807) is 6.92 Å². The van der Waals surface area contributed by atoms with E-state index in [0.717, 1.165) is 0 Å². The van der Waals surface area contributed by atoms with Crippen LogP contribution in [-0.2, 0) is 0 Å². The van der Waals surface area contributed by atoms with Crippen LogP contribution in [0.2, 0.25) is 0 Å². The Morgan fingerprint density at radius 2 is 1.69 bits per heavy atom. The second-order valence-electron chi connectivity index (χ2n) is 4.07. The predicted octanol–water partition coefficient (Wildman–Crippen LogP) is 2.07. The highest BCUT2D eigenvalue weighted by Crippen LogP contribution is 2.32. The molecule has 0 bridgehead atoms. The number of alkyl halides is 1. The minimum atomic E-state index is -0.633. The van der Waals surface area contributed by atoms with E-state index >= 15 is 0 Å². The normalized spacial score (nSPS) is 26.8. The first kappa shape index (κ1) is 11.5. The van der Waals surface area contributed by atoms with Crippen LogP contribution >= 0.6 is 15.9 Å². The summed E-state index contributed by atoms with van der Waals surface area (Å²) in [6, 6.07) is 0. The van der Waals surface area contributed by atoms with Gasteiger partial charge in [-0.15, -0.1) is 0 Å². The van der Waals surface area contributed by atoms with Crippen molar-refractivity contribution in [2.75, 3.05) is 0 Å². The number of halogens is 1. The summed E-state index contributed by atoms with van der Waals surface area (Å²) < 4.78 is 0. The zero-order chi connectivity index (χ0) is 9.84. The fourth-order valence-electron chi connectivity index (χ4n) is 2.00. The third kappa shape index (κ3) is 3.22. The van der Waals surface area contributed by atoms with E-state index in [1.807, 2.05) is 0 Å². The summed E-state index contributed by atoms with van der Waals surface area (Å²) in [7, 11) is 0. The smallest absolute Gasteiger partial charge is 0.0923 e. The van der Waals surface area contributed by atoms with Crippen molar-refractivity contribution >= 4 is 15.9 Å². The van der Waals surface area contributed by atoms with Gasteiger partial charge in [-0.2, -0.15) is 0 Å². The van der Waals surface area contributed by atoms with Crippen LogP contribution in [0.5, 0.6) is 0 Å². The van der Waals surface area contributed by atoms with Crippen molar-refractivity contribution in [2.24, 2.45) is 5.92 Å². The molecule has 13 heavy (non-hydrogen) atoms. The zero-order valence-corrected chi connectivity index (χ0v) is 9.70. The van der Waals surface area contributed by atoms with Gasteiger partial charge in [0.15, 0.2) is 0 Å². The third-order valence-corrected chi connectivity index (χ3v) is 4.21. The Morgan fingerprint density at radius 3 is 2.15 bits per heavy atom. The van der Waals surface area contributed by atoms with Crippen LogP contribution in [0.3, 0.4) is 0 Å². The first-order valence-corrected chi connectivity index (χ1v) is 6.04. The van der Waals surface area contributed by atoms with Gasteiger partial charge in [0.2, 0.25) is 0 Å². The number of hydrogen-bond acceptors (Lipinski definition) is 2. The lowest BCUT2D eigenvalue weighted by atomic mass is 9.84. The van der Waals surface area contributed by atoms with Gasteiger partial charge in [0, 0.05) is 4.83 Å². The highest BCUT2D eigenvalue weighted by atomic mass is 79.9. The number of hydrogen-bond donors (Lipinski definition) is 2. The van der Waals surface area contributed by atoms with E-state index in [1.165, 1.54) is 32.1 Å². The van der Waals surface area contributed by atoms with E-state index in [2.05, 4.69) is 15.9 Å². The minimum absolute atomic E-state index is 0.0628. The maximum absolute atomic E-state index is 9.65. The molecule has 0 radical (unpaired) electrons. The van der Waals surface area contributed by atoms with Crippen molar-refractivity contribution in [3.63, 3.8) is 0 Å². The monoisotopic (exact) mass is 250 g/mol. The van der Waals surface area contributed by atoms with E-state index in [-0.39, 0.29) is 4.83 Å². The van der Waals surface area contributed by atoms with Crippen LogP contribution in [0.25, 0.3) is 0 Å². The Labute approximate surface area is 88.5 Å². The average Bonchev–Trinajstić information content (AvgIpc) is 2.17. The molecule has 0 aromatic carbocycles. The Hall–Kier alpha value is 0.400. The quantitative estimate of drug-likeness (QED) is 0.754. The highest BCUT2D eigenvalue weighted by molar-refractivity contribution is 9.09. The van der Waals surface area contributed by atoms with Crippen molar-refractivity contribution in [1.82, 2.24) is 0 Å². The fourth-order valence-corrected chi connectivity index (χ4v) is 2.97. The zero-order valence-electron chi connectivity index (χ0n) is 8.12. The third-order valence-electron chi connectivity index (χ3n) is 2.92. The van der Waals surface area contributed by atoms with Gasteiger partial charge in [0.05, 0.1) is 12.2 Å². The van der Waals surface area contributed by atoms with Gasteiger partial charge in [0.1, 0.15) is 0 Å². The molecule has 0 spiro atoms. The van der Waals surface area contributed by atoms with Crippen LogP contribution in [-0.4, -0.2) is 27.2 Å². The summed E-state index contributed by atoms with van der Waals surface area (Å²) in [5, 5.41) is 18.9. The van der Waals surface area contributed by atoms with Crippen LogP contribution in [0, 0.1) is 5.92 Å². The largest absolute Gasteiger partial charge is 0.391 e. The van der Waals surface area contributed by atoms with Gasteiger partial charge >= 0.3 is 0 Å². The first-order valence-electron chi connectivity index (χ1n) is 5.13. The second kappa shape index (κ2) is 5.32. The lowest BCUT2D eigenvalue weighted by Gasteiger charge is -2.30. The molecule has 1 rings (SSSR count). The van der Waals surface area contributed by atoms with Crippen molar-refractivity contribution < 1.29 is 10.2 Å². The van der Waals surface area contributed by atoms with Crippen LogP contribution < -0.4 is 0 Å². The maximum atomic E-state index is 9.65. The number of rotatable bonds is 3. The van der Waals surface area contributed by atoms with Crippen LogP contribution in [0.15, 0.2) is 0 Å². The standard InChI is InChI=1S/C10H19BrO2/c1-7(12)10(13)9(11)8-5-3-2-4-6-8/h7-10,12-13H,2-6H2,1H3/t7-,9+,10-/m0/s1. The summed E-state index contributed by atoms with van der Waals surface area (Å²) in [6.07, 6.45) is 4.95. The van der Waals surface area contributed by atoms with E-state index in [4.69, 9.17) is 0 Å². The molecule has 0 heterocycles. The van der Waals surface area contributed by atoms with Crippen molar-refractivity contribution in [3.8, 4) is 0 Å². The molecule has 1 fully saturated rings. The molecule has 0 aromatic rings. The molecule has 1 aliphatic rings. The summed E-state index contributed by atoms with van der Waals surface area (Å²) in [5.41, 5.74) is 0. The molecule has 3 heteroatoms. The van der Waals surface area contributed by atoms with E-state index < -0.39 is 12.2 Å². The van der Waals surface area contributed by atoms with Crippen molar-refractivity contribution in [2.45, 2.75) is 56.1 Å². The van der Waals surface area contributed by atoms with Gasteiger partial charge in [-0.3, -0.25) is 0 Å². The Morgan fingerprint density at radius 1 is 1.15 bits per heavy atom. The maximum Gasteiger partial charge on any atom is 0.0923 e. The highest BCUT2D eigenvalue weighted by Gasteiger charge is 2.29. The molecule has 0 unspecified atom stereocenters. The SMILES string of the molecule is C[C@H](O)[C@H](O)[C@H](Br)C1CCCCC1. The molecule has 0 aromatic heterocycles. The molecule has 0 aliphatic heterocycles. The molecule has 2 N–H and O–H groups in total. The van der Waals surface area contributed by atoms with Gasteiger partial charge < -0.3 is 10.2 Å². The van der Waals surface area contributed by atoms with Gasteiger partial charge in [-0.25, -0.2) is 0 Å². The molecule has 78 valence electrons. The Balaban J connectivity index is 2.40. The Kier molecular flexibility index (Phi) is 4.70. The molecule has 1 aliphatic carbocycles. The van der Waals surface area contributed by atoms with E-state index in [0.29, 0.717) is 5.92 Å². The van der Waals surface area contributed by atoms with Crippen molar-refractivity contribution in [3.05, 3.63) is 0 Å². The van der Waals surface area contributed by atoms with Gasteiger partial charge in [0.25, 0.3) is 0 Å². The topological polar surface area (TPSA) is 40.5 Å². The molecular weight excluding hydrogens is 232 g/mol. The lowest BCUT2D eigenvalue weighted by Crippen LogP contribution is -2.37. The van der Waals surface area contributed by atoms with Crippen molar-refractivity contribution in [1.29, 1.82) is 0 Å². The summed E-state index contributed by atoms with van der Waals surface area (Å²) in [6.45, 7) is 1.64. The van der Waals surface area contributed by atoms with E-state index in [9.17, 15) is 10.2 Å². The summed E-state index contributed by atoms with van der Waals surface area (Å²) >= 11 is 3.50. The molecular formula is C10H19BrO2. The lowest BCUT2D eigenvalue weighted by molar-refractivity contribution is 0.0188. The predicted molar refractivity (Wildman–Crippen MR) is 57.0 cm³/mol. The summed E-state index contributed by atoms with van der Waals surface area (Å²) in [5.74, 6) is 0.540. The molecule has 3 atom stereocenters. The van der Waals surface area contributed by atoms with Gasteiger partial charge in [-0.05, 0) is 25.7 Å². The first-order chi connectivity index (χ1) is 6.13. The second-order valence-corrected chi connectivity index (χ2v) is 5.13. The average molecular weight is 251 g/mol. The molecule has 2 nitrogen and oxygen atoms in total. The molecule has 0 saturated heterocycles. The van der Waals surface area contributed by atoms with Crippen LogP contribution in [0.4, 0.5) is 0 Å². The van der Waals surface area contributed by atoms with Gasteiger partial charge in [-0.1, -0.05) is 35.2 Å². The Bertz CT molecular complexity index is 144. The number of aliphatic hydroxyl groups is 2. The molecule has 0 amide bonds. The summed E-state index contributed by atoms with van der Waals surface area (Å²) in [4.78, 5) is 0.0628. The fraction of sp³-hybridized carbons (Fsp3) is 1.00.